The van der Waals surface area contributed by atoms with Crippen molar-refractivity contribution in [1.29, 1.82) is 0 Å². The molecule has 3 nitrogen and oxygen atoms in total. The van der Waals surface area contributed by atoms with Gasteiger partial charge in [-0.15, -0.1) is 0 Å². The minimum absolute atomic E-state index is 0.104. The highest BCUT2D eigenvalue weighted by Gasteiger charge is 2.22. The molecular weight excluding hydrogens is 286 g/mol. The summed E-state index contributed by atoms with van der Waals surface area (Å²) in [5, 5.41) is 0.733. The van der Waals surface area contributed by atoms with Gasteiger partial charge in [0.15, 0.2) is 0 Å². The molecule has 0 fully saturated rings. The Balaban J connectivity index is 2.21. The van der Waals surface area contributed by atoms with Crippen molar-refractivity contribution in [2.75, 3.05) is 0 Å². The molecule has 99 valence electrons. The second-order valence-corrected chi connectivity index (χ2v) is 4.53. The zero-order valence-corrected chi connectivity index (χ0v) is 10.6. The van der Waals surface area contributed by atoms with E-state index in [1.54, 1.807) is 0 Å². The maximum atomic E-state index is 13.6. The van der Waals surface area contributed by atoms with Crippen LogP contribution in [-0.4, -0.2) is 15.8 Å². The number of halogens is 3. The van der Waals surface area contributed by atoms with Gasteiger partial charge in [-0.05, 0) is 18.2 Å². The number of fused-ring (bicyclic) bond motifs is 1. The lowest BCUT2D eigenvalue weighted by atomic mass is 10.0. The van der Waals surface area contributed by atoms with Crippen molar-refractivity contribution in [3.63, 3.8) is 0 Å². The molecule has 1 N–H and O–H groups in total. The molecule has 3 rings (SSSR count). The fraction of sp³-hybridized carbons (Fsp3) is 0. The van der Waals surface area contributed by atoms with Gasteiger partial charge in [0.05, 0.1) is 10.6 Å². The first kappa shape index (κ1) is 12.7. The standard InChI is InChI=1S/C14H6ClF2N2O/c15-7-4-8-9(6-19-14(8)18-5-7)13(20)12-10(16)2-1-3-11(12)17/h1-2,4-6H,(H,18,19). The minimum atomic E-state index is -1.03. The maximum Gasteiger partial charge on any atom is 0.201 e. The van der Waals surface area contributed by atoms with Gasteiger partial charge in [0.1, 0.15) is 17.3 Å². The first-order chi connectivity index (χ1) is 9.58. The summed E-state index contributed by atoms with van der Waals surface area (Å²) in [6.07, 6.45) is 2.76. The maximum absolute atomic E-state index is 13.6. The average molecular weight is 292 g/mol. The van der Waals surface area contributed by atoms with Crippen molar-refractivity contribution in [2.24, 2.45) is 0 Å². The van der Waals surface area contributed by atoms with Gasteiger partial charge in [0.25, 0.3) is 0 Å². The third-order valence-corrected chi connectivity index (χ3v) is 3.07. The Morgan fingerprint density at radius 2 is 2.20 bits per heavy atom. The Labute approximate surface area is 117 Å². The Kier molecular flexibility index (Phi) is 2.99. The normalized spacial score (nSPS) is 10.9. The highest BCUT2D eigenvalue weighted by Crippen LogP contribution is 2.24. The Hall–Kier alpha value is -2.27. The van der Waals surface area contributed by atoms with Crippen LogP contribution < -0.4 is 0 Å². The van der Waals surface area contributed by atoms with Crippen molar-refractivity contribution in [3.05, 3.63) is 64.4 Å². The number of pyridine rings is 1. The summed E-state index contributed by atoms with van der Waals surface area (Å²) in [7, 11) is 0. The highest BCUT2D eigenvalue weighted by atomic mass is 35.5. The van der Waals surface area contributed by atoms with Gasteiger partial charge in [-0.25, -0.2) is 13.8 Å². The summed E-state index contributed by atoms with van der Waals surface area (Å²) in [6, 6.07) is 5.73. The monoisotopic (exact) mass is 291 g/mol. The number of aromatic nitrogens is 2. The van der Waals surface area contributed by atoms with E-state index >= 15 is 0 Å². The number of rotatable bonds is 2. The molecule has 2 aromatic heterocycles. The molecule has 20 heavy (non-hydrogen) atoms. The number of aromatic amines is 1. The third kappa shape index (κ3) is 1.96. The van der Waals surface area contributed by atoms with Gasteiger partial charge in [0, 0.05) is 29.4 Å². The molecule has 0 aliphatic rings. The molecule has 0 atom stereocenters. The van der Waals surface area contributed by atoms with E-state index in [1.807, 2.05) is 0 Å². The molecule has 1 radical (unpaired) electrons. The topological polar surface area (TPSA) is 45.8 Å². The summed E-state index contributed by atoms with van der Waals surface area (Å²) < 4.78 is 27.2. The van der Waals surface area contributed by atoms with E-state index in [1.165, 1.54) is 18.5 Å². The van der Waals surface area contributed by atoms with Crippen molar-refractivity contribution < 1.29 is 13.6 Å². The second-order valence-electron chi connectivity index (χ2n) is 4.10. The smallest absolute Gasteiger partial charge is 0.201 e. The molecule has 0 unspecified atom stereocenters. The molecule has 0 spiro atoms. The van der Waals surface area contributed by atoms with Crippen molar-refractivity contribution in [3.8, 4) is 0 Å². The number of benzene rings is 1. The lowest BCUT2D eigenvalue weighted by molar-refractivity contribution is 0.103. The number of ketones is 1. The summed E-state index contributed by atoms with van der Waals surface area (Å²) in [5.74, 6) is -2.75. The van der Waals surface area contributed by atoms with Crippen molar-refractivity contribution in [1.82, 2.24) is 9.97 Å². The first-order valence-corrected chi connectivity index (χ1v) is 5.98. The SMILES string of the molecule is O=C(c1c(F)[c]ccc1F)c1c[nH]c2ncc(Cl)cc12. The zero-order chi connectivity index (χ0) is 14.3. The van der Waals surface area contributed by atoms with E-state index in [-0.39, 0.29) is 5.56 Å². The van der Waals surface area contributed by atoms with E-state index in [2.05, 4.69) is 16.0 Å². The van der Waals surface area contributed by atoms with E-state index in [0.29, 0.717) is 16.1 Å². The number of nitrogens with zero attached hydrogens (tertiary/aromatic N) is 1. The third-order valence-electron chi connectivity index (χ3n) is 2.87. The van der Waals surface area contributed by atoms with Crippen LogP contribution in [0, 0.1) is 17.7 Å². The summed E-state index contributed by atoms with van der Waals surface area (Å²) in [4.78, 5) is 19.0. The van der Waals surface area contributed by atoms with E-state index in [0.717, 1.165) is 12.1 Å². The number of hydrogen-bond acceptors (Lipinski definition) is 2. The molecule has 0 aliphatic carbocycles. The van der Waals surface area contributed by atoms with Crippen LogP contribution in [0.2, 0.25) is 5.02 Å². The number of H-pyrrole nitrogens is 1. The van der Waals surface area contributed by atoms with Crippen LogP contribution in [0.4, 0.5) is 8.78 Å². The fourth-order valence-electron chi connectivity index (χ4n) is 1.96. The summed E-state index contributed by atoms with van der Waals surface area (Å²) >= 11 is 5.82. The molecule has 1 aromatic carbocycles. The number of carbonyl (C=O) groups is 1. The molecular formula is C14H6ClF2N2O. The Morgan fingerprint density at radius 3 is 2.95 bits per heavy atom. The molecule has 2 heterocycles. The number of hydrogen-bond donors (Lipinski definition) is 1. The zero-order valence-electron chi connectivity index (χ0n) is 9.88. The van der Waals surface area contributed by atoms with Crippen LogP contribution in [0.15, 0.2) is 30.6 Å². The van der Waals surface area contributed by atoms with Gasteiger partial charge in [-0.2, -0.15) is 0 Å². The molecule has 6 heteroatoms. The lowest BCUT2D eigenvalue weighted by Crippen LogP contribution is -2.07. The summed E-state index contributed by atoms with van der Waals surface area (Å²) in [5.41, 5.74) is -0.126. The molecule has 0 saturated heterocycles. The lowest BCUT2D eigenvalue weighted by Gasteiger charge is -2.02. The predicted molar refractivity (Wildman–Crippen MR) is 69.7 cm³/mol. The Morgan fingerprint density at radius 1 is 1.40 bits per heavy atom. The van der Waals surface area contributed by atoms with E-state index < -0.39 is 23.0 Å². The Bertz CT molecular complexity index is 809. The number of carbonyl (C=O) groups excluding carboxylic acids is 1. The largest absolute Gasteiger partial charge is 0.345 e. The van der Waals surface area contributed by atoms with Crippen molar-refractivity contribution in [2.45, 2.75) is 0 Å². The van der Waals surface area contributed by atoms with E-state index in [9.17, 15) is 13.6 Å². The van der Waals surface area contributed by atoms with E-state index in [4.69, 9.17) is 11.6 Å². The van der Waals surface area contributed by atoms with Crippen molar-refractivity contribution >= 4 is 28.4 Å². The van der Waals surface area contributed by atoms with Gasteiger partial charge in [0.2, 0.25) is 5.78 Å². The quantitative estimate of drug-likeness (QED) is 0.734. The van der Waals surface area contributed by atoms with Crippen LogP contribution in [0.1, 0.15) is 15.9 Å². The number of nitrogens with one attached hydrogen (secondary N) is 1. The van der Waals surface area contributed by atoms with Gasteiger partial charge < -0.3 is 4.98 Å². The van der Waals surface area contributed by atoms with Crippen LogP contribution in [0.25, 0.3) is 11.0 Å². The first-order valence-electron chi connectivity index (χ1n) is 5.61. The summed E-state index contributed by atoms with van der Waals surface area (Å²) in [6.45, 7) is 0. The second kappa shape index (κ2) is 4.68. The molecule has 3 aromatic rings. The van der Waals surface area contributed by atoms with Crippen LogP contribution in [0.5, 0.6) is 0 Å². The van der Waals surface area contributed by atoms with Crippen LogP contribution in [0.3, 0.4) is 0 Å². The van der Waals surface area contributed by atoms with Gasteiger partial charge in [-0.1, -0.05) is 11.6 Å². The minimum Gasteiger partial charge on any atom is -0.345 e. The van der Waals surface area contributed by atoms with Gasteiger partial charge in [-0.3, -0.25) is 4.79 Å². The highest BCUT2D eigenvalue weighted by molar-refractivity contribution is 6.31. The van der Waals surface area contributed by atoms with Crippen LogP contribution in [-0.2, 0) is 0 Å². The fourth-order valence-corrected chi connectivity index (χ4v) is 2.11. The molecule has 0 saturated carbocycles. The predicted octanol–water partition coefficient (Wildman–Crippen LogP) is 3.53. The average Bonchev–Trinajstić information content (AvgIpc) is 2.81. The molecule has 0 aliphatic heterocycles. The molecule has 0 amide bonds. The van der Waals surface area contributed by atoms with Gasteiger partial charge >= 0.3 is 0 Å². The van der Waals surface area contributed by atoms with Crippen LogP contribution >= 0.6 is 11.6 Å². The molecule has 0 bridgehead atoms.